The number of aryl methyl sites for hydroxylation is 1. The Morgan fingerprint density at radius 1 is 1.04 bits per heavy atom. The molecule has 2 aromatic carbocycles. The van der Waals surface area contributed by atoms with Crippen LogP contribution in [0.2, 0.25) is 0 Å². The summed E-state index contributed by atoms with van der Waals surface area (Å²) < 4.78 is 10.3. The molecule has 8 heteroatoms. The lowest BCUT2D eigenvalue weighted by Crippen LogP contribution is -2.20. The quantitative estimate of drug-likeness (QED) is 0.563. The molecule has 2 N–H and O–H groups in total. The van der Waals surface area contributed by atoms with Crippen molar-refractivity contribution in [3.63, 3.8) is 0 Å². The van der Waals surface area contributed by atoms with E-state index in [4.69, 9.17) is 9.26 Å². The molecule has 0 bridgehead atoms. The van der Waals surface area contributed by atoms with E-state index in [2.05, 4.69) is 15.8 Å². The average molecular weight is 397 g/mol. The normalized spacial score (nSPS) is 10.3. The predicted molar refractivity (Wildman–Crippen MR) is 108 cm³/mol. The number of ether oxygens (including phenoxy) is 1. The molecule has 144 valence electrons. The number of hydrogen-bond donors (Lipinski definition) is 2. The molecular weight excluding hydrogens is 378 g/mol. The molecule has 0 saturated heterocycles. The number of aromatic nitrogens is 1. The van der Waals surface area contributed by atoms with E-state index in [0.29, 0.717) is 23.0 Å². The Bertz CT molecular complexity index is 926. The van der Waals surface area contributed by atoms with E-state index >= 15 is 0 Å². The predicted octanol–water partition coefficient (Wildman–Crippen LogP) is 3.73. The number of benzene rings is 2. The molecule has 0 spiro atoms. The molecule has 7 nitrogen and oxygen atoms in total. The van der Waals surface area contributed by atoms with Gasteiger partial charge >= 0.3 is 0 Å². The van der Waals surface area contributed by atoms with Gasteiger partial charge in [-0.2, -0.15) is 0 Å². The second-order valence-corrected chi connectivity index (χ2v) is 6.88. The second kappa shape index (κ2) is 9.61. The summed E-state index contributed by atoms with van der Waals surface area (Å²) in [5, 5.41) is 9.15. The van der Waals surface area contributed by atoms with Crippen LogP contribution in [-0.2, 0) is 9.59 Å². The minimum atomic E-state index is -0.244. The second-order valence-electron chi connectivity index (χ2n) is 5.83. The zero-order valence-electron chi connectivity index (χ0n) is 15.2. The highest BCUT2D eigenvalue weighted by Gasteiger charge is 2.08. The lowest BCUT2D eigenvalue weighted by Gasteiger charge is -2.08. The lowest BCUT2D eigenvalue weighted by atomic mass is 10.3. The molecule has 3 aromatic rings. The fourth-order valence-corrected chi connectivity index (χ4v) is 2.95. The summed E-state index contributed by atoms with van der Waals surface area (Å²) in [6, 6.07) is 18.0. The summed E-state index contributed by atoms with van der Waals surface area (Å²) in [4.78, 5) is 24.8. The lowest BCUT2D eigenvalue weighted by molar-refractivity contribution is -0.118. The number of para-hydroxylation sites is 1. The number of anilines is 2. The minimum Gasteiger partial charge on any atom is -0.484 e. The van der Waals surface area contributed by atoms with Crippen molar-refractivity contribution in [3.05, 3.63) is 66.4 Å². The van der Waals surface area contributed by atoms with E-state index < -0.39 is 0 Å². The number of rotatable bonds is 8. The number of thioether (sulfide) groups is 1. The molecule has 1 aromatic heterocycles. The molecule has 0 saturated carbocycles. The molecule has 0 radical (unpaired) electrons. The zero-order chi connectivity index (χ0) is 19.8. The van der Waals surface area contributed by atoms with Crippen molar-refractivity contribution in [2.75, 3.05) is 23.0 Å². The van der Waals surface area contributed by atoms with Gasteiger partial charge < -0.3 is 19.9 Å². The van der Waals surface area contributed by atoms with Crippen molar-refractivity contribution in [2.45, 2.75) is 11.8 Å². The van der Waals surface area contributed by atoms with E-state index in [1.165, 1.54) is 11.8 Å². The maximum atomic E-state index is 12.0. The van der Waals surface area contributed by atoms with Crippen molar-refractivity contribution in [1.29, 1.82) is 0 Å². The summed E-state index contributed by atoms with van der Waals surface area (Å²) in [5.74, 6) is 1.50. The van der Waals surface area contributed by atoms with Gasteiger partial charge in [0.15, 0.2) is 12.4 Å². The number of hydrogen-bond acceptors (Lipinski definition) is 6. The van der Waals surface area contributed by atoms with Crippen molar-refractivity contribution >= 4 is 35.1 Å². The molecule has 3 rings (SSSR count). The van der Waals surface area contributed by atoms with Crippen LogP contribution in [0.5, 0.6) is 5.75 Å². The van der Waals surface area contributed by atoms with Gasteiger partial charge in [-0.3, -0.25) is 9.59 Å². The molecular formula is C20H19N3O4S. The maximum Gasteiger partial charge on any atom is 0.262 e. The summed E-state index contributed by atoms with van der Waals surface area (Å²) in [6.07, 6.45) is 0. The third-order valence-electron chi connectivity index (χ3n) is 3.52. The Kier molecular flexibility index (Phi) is 6.69. The highest BCUT2D eigenvalue weighted by Crippen LogP contribution is 2.21. The van der Waals surface area contributed by atoms with Gasteiger partial charge in [-0.1, -0.05) is 23.4 Å². The topological polar surface area (TPSA) is 93.5 Å². The SMILES string of the molecule is Cc1cc(NC(=O)CSc2ccc(NC(=O)COc3ccccc3)cc2)no1. The van der Waals surface area contributed by atoms with Crippen LogP contribution in [0.3, 0.4) is 0 Å². The molecule has 2 amide bonds. The Labute approximate surface area is 166 Å². The van der Waals surface area contributed by atoms with Crippen molar-refractivity contribution in [1.82, 2.24) is 5.16 Å². The highest BCUT2D eigenvalue weighted by atomic mass is 32.2. The van der Waals surface area contributed by atoms with Gasteiger partial charge in [0.25, 0.3) is 5.91 Å². The first-order valence-electron chi connectivity index (χ1n) is 8.52. The van der Waals surface area contributed by atoms with E-state index in [1.54, 1.807) is 37.3 Å². The van der Waals surface area contributed by atoms with Crippen LogP contribution in [0.15, 0.2) is 70.1 Å². The van der Waals surface area contributed by atoms with Gasteiger partial charge in [0.05, 0.1) is 5.75 Å². The average Bonchev–Trinajstić information content (AvgIpc) is 3.11. The first-order chi connectivity index (χ1) is 13.6. The monoisotopic (exact) mass is 397 g/mol. The molecule has 0 fully saturated rings. The summed E-state index contributed by atoms with van der Waals surface area (Å²) in [6.45, 7) is 1.69. The number of nitrogens with one attached hydrogen (secondary N) is 2. The molecule has 0 atom stereocenters. The number of nitrogens with zero attached hydrogens (tertiary/aromatic N) is 1. The minimum absolute atomic E-state index is 0.0673. The Morgan fingerprint density at radius 2 is 1.79 bits per heavy atom. The number of carbonyl (C=O) groups is 2. The van der Waals surface area contributed by atoms with Crippen molar-refractivity contribution in [2.24, 2.45) is 0 Å². The largest absolute Gasteiger partial charge is 0.484 e. The van der Waals surface area contributed by atoms with Crippen LogP contribution in [-0.4, -0.2) is 29.3 Å². The smallest absolute Gasteiger partial charge is 0.262 e. The third kappa shape index (κ3) is 6.17. The van der Waals surface area contributed by atoms with Crippen LogP contribution in [0.25, 0.3) is 0 Å². The van der Waals surface area contributed by atoms with E-state index in [0.717, 1.165) is 4.90 Å². The maximum absolute atomic E-state index is 12.0. The molecule has 0 aliphatic rings. The van der Waals surface area contributed by atoms with Gasteiger partial charge in [0.1, 0.15) is 11.5 Å². The fourth-order valence-electron chi connectivity index (χ4n) is 2.25. The Morgan fingerprint density at radius 3 is 2.46 bits per heavy atom. The standard InChI is InChI=1S/C20H19N3O4S/c1-14-11-18(23-27-14)22-20(25)13-28-17-9-7-15(8-10-17)21-19(24)12-26-16-5-3-2-4-6-16/h2-11H,12-13H2,1H3,(H,21,24)(H,22,23,25). The molecule has 28 heavy (non-hydrogen) atoms. The van der Waals surface area contributed by atoms with E-state index in [1.807, 2.05) is 30.3 Å². The van der Waals surface area contributed by atoms with E-state index in [9.17, 15) is 9.59 Å². The van der Waals surface area contributed by atoms with Gasteiger partial charge in [-0.05, 0) is 43.3 Å². The van der Waals surface area contributed by atoms with Crippen molar-refractivity contribution < 1.29 is 18.8 Å². The highest BCUT2D eigenvalue weighted by molar-refractivity contribution is 8.00. The van der Waals surface area contributed by atoms with Crippen LogP contribution in [0.1, 0.15) is 5.76 Å². The Hall–Kier alpha value is -3.26. The first kappa shape index (κ1) is 19.5. The molecule has 0 unspecified atom stereocenters. The summed E-state index contributed by atoms with van der Waals surface area (Å²) in [7, 11) is 0. The molecule has 0 aliphatic carbocycles. The van der Waals surface area contributed by atoms with E-state index in [-0.39, 0.29) is 24.2 Å². The Balaban J connectivity index is 1.41. The fraction of sp³-hybridized carbons (Fsp3) is 0.150. The first-order valence-corrected chi connectivity index (χ1v) is 9.51. The number of carbonyl (C=O) groups excluding carboxylic acids is 2. The summed E-state index contributed by atoms with van der Waals surface area (Å²) in [5.41, 5.74) is 0.661. The van der Waals surface area contributed by atoms with Gasteiger partial charge in [0.2, 0.25) is 5.91 Å². The van der Waals surface area contributed by atoms with Crippen LogP contribution in [0.4, 0.5) is 11.5 Å². The molecule has 0 aliphatic heterocycles. The zero-order valence-corrected chi connectivity index (χ0v) is 16.0. The third-order valence-corrected chi connectivity index (χ3v) is 4.53. The summed E-state index contributed by atoms with van der Waals surface area (Å²) >= 11 is 1.38. The van der Waals surface area contributed by atoms with Gasteiger partial charge in [0, 0.05) is 16.6 Å². The van der Waals surface area contributed by atoms with Crippen LogP contribution < -0.4 is 15.4 Å². The van der Waals surface area contributed by atoms with Crippen LogP contribution >= 0.6 is 11.8 Å². The number of amides is 2. The van der Waals surface area contributed by atoms with Gasteiger partial charge in [-0.15, -0.1) is 11.8 Å². The van der Waals surface area contributed by atoms with Gasteiger partial charge in [-0.25, -0.2) is 0 Å². The molecule has 1 heterocycles. The van der Waals surface area contributed by atoms with Crippen molar-refractivity contribution in [3.8, 4) is 5.75 Å². The van der Waals surface area contributed by atoms with Crippen LogP contribution in [0, 0.1) is 6.92 Å².